The molecule has 0 radical (unpaired) electrons. The Morgan fingerprint density at radius 2 is 1.90 bits per heavy atom. The van der Waals surface area contributed by atoms with Crippen LogP contribution in [-0.4, -0.2) is 29.6 Å². The molecule has 1 heterocycles. The van der Waals surface area contributed by atoms with E-state index >= 15 is 0 Å². The van der Waals surface area contributed by atoms with Crippen molar-refractivity contribution in [2.45, 2.75) is 57.7 Å². The summed E-state index contributed by atoms with van der Waals surface area (Å²) in [6, 6.07) is 3.09. The van der Waals surface area contributed by atoms with Crippen molar-refractivity contribution in [2.75, 3.05) is 7.05 Å². The highest BCUT2D eigenvalue weighted by Crippen LogP contribution is 2.22. The zero-order chi connectivity index (χ0) is 14.7. The van der Waals surface area contributed by atoms with Gasteiger partial charge >= 0.3 is 0 Å². The van der Waals surface area contributed by atoms with Crippen LogP contribution in [-0.2, 0) is 0 Å². The Labute approximate surface area is 129 Å². The molecule has 2 N–H and O–H groups in total. The third-order valence-electron chi connectivity index (χ3n) is 4.07. The third kappa shape index (κ3) is 3.64. The summed E-state index contributed by atoms with van der Waals surface area (Å²) in [5.74, 6) is 0.0392. The molecule has 1 aliphatic rings. The van der Waals surface area contributed by atoms with Crippen molar-refractivity contribution in [1.82, 2.24) is 15.2 Å². The maximum atomic E-state index is 12.4. The molecule has 1 aliphatic carbocycles. The average Bonchev–Trinajstić information content (AvgIpc) is 2.82. The highest BCUT2D eigenvalue weighted by atomic mass is 79.9. The number of halogens is 1. The SMILES string of the molecule is CNC1CCC(NC(=O)c2cc(Br)cn2C(C)C)CC1. The number of carbonyl (C=O) groups is 1. The fourth-order valence-corrected chi connectivity index (χ4v) is 3.28. The Kier molecular flexibility index (Phi) is 5.27. The molecule has 1 aromatic rings. The van der Waals surface area contributed by atoms with Crippen molar-refractivity contribution in [2.24, 2.45) is 0 Å². The molecular weight excluding hydrogens is 318 g/mol. The van der Waals surface area contributed by atoms with Crippen molar-refractivity contribution in [3.8, 4) is 0 Å². The van der Waals surface area contributed by atoms with Crippen LogP contribution in [0.25, 0.3) is 0 Å². The normalized spacial score (nSPS) is 23.1. The first kappa shape index (κ1) is 15.6. The van der Waals surface area contributed by atoms with Crippen molar-refractivity contribution in [1.29, 1.82) is 0 Å². The molecule has 0 spiro atoms. The zero-order valence-corrected chi connectivity index (χ0v) is 14.0. The van der Waals surface area contributed by atoms with E-state index in [0.717, 1.165) is 35.8 Å². The lowest BCUT2D eigenvalue weighted by Gasteiger charge is -2.29. The Morgan fingerprint density at radius 1 is 1.30 bits per heavy atom. The molecule has 0 saturated heterocycles. The Bertz CT molecular complexity index is 462. The molecule has 0 aromatic carbocycles. The fourth-order valence-electron chi connectivity index (χ4n) is 2.84. The van der Waals surface area contributed by atoms with Crippen molar-refractivity contribution in [3.05, 3.63) is 22.4 Å². The first-order valence-electron chi connectivity index (χ1n) is 7.36. The van der Waals surface area contributed by atoms with Crippen LogP contribution in [0, 0.1) is 0 Å². The molecule has 0 atom stereocenters. The molecule has 1 fully saturated rings. The lowest BCUT2D eigenvalue weighted by molar-refractivity contribution is 0.0913. The fraction of sp³-hybridized carbons (Fsp3) is 0.667. The first-order valence-corrected chi connectivity index (χ1v) is 8.16. The smallest absolute Gasteiger partial charge is 0.268 e. The van der Waals surface area contributed by atoms with E-state index in [1.165, 1.54) is 0 Å². The van der Waals surface area contributed by atoms with Crippen molar-refractivity contribution < 1.29 is 4.79 Å². The highest BCUT2D eigenvalue weighted by Gasteiger charge is 2.23. The van der Waals surface area contributed by atoms with Crippen molar-refractivity contribution >= 4 is 21.8 Å². The quantitative estimate of drug-likeness (QED) is 0.883. The lowest BCUT2D eigenvalue weighted by atomic mass is 9.91. The first-order chi connectivity index (χ1) is 9.51. The Morgan fingerprint density at radius 3 is 2.45 bits per heavy atom. The minimum Gasteiger partial charge on any atom is -0.348 e. The van der Waals surface area contributed by atoms with E-state index in [1.54, 1.807) is 0 Å². The van der Waals surface area contributed by atoms with Gasteiger partial charge in [0.25, 0.3) is 5.91 Å². The summed E-state index contributed by atoms with van der Waals surface area (Å²) in [7, 11) is 2.01. The van der Waals surface area contributed by atoms with Gasteiger partial charge in [0.2, 0.25) is 0 Å². The van der Waals surface area contributed by atoms with Gasteiger partial charge < -0.3 is 15.2 Å². The maximum absolute atomic E-state index is 12.4. The molecule has 1 saturated carbocycles. The molecule has 112 valence electrons. The van der Waals surface area contributed by atoms with E-state index < -0.39 is 0 Å². The van der Waals surface area contributed by atoms with Crippen LogP contribution < -0.4 is 10.6 Å². The van der Waals surface area contributed by atoms with Crippen LogP contribution in [0.4, 0.5) is 0 Å². The van der Waals surface area contributed by atoms with Crippen LogP contribution in [0.15, 0.2) is 16.7 Å². The van der Waals surface area contributed by atoms with Gasteiger partial charge in [-0.2, -0.15) is 0 Å². The monoisotopic (exact) mass is 341 g/mol. The summed E-state index contributed by atoms with van der Waals surface area (Å²) in [6.45, 7) is 4.17. The van der Waals surface area contributed by atoms with Gasteiger partial charge in [0.15, 0.2) is 0 Å². The maximum Gasteiger partial charge on any atom is 0.268 e. The van der Waals surface area contributed by atoms with Gasteiger partial charge in [-0.3, -0.25) is 4.79 Å². The minimum absolute atomic E-state index is 0.0392. The Balaban J connectivity index is 1.99. The lowest BCUT2D eigenvalue weighted by Crippen LogP contribution is -2.41. The number of hydrogen-bond acceptors (Lipinski definition) is 2. The van der Waals surface area contributed by atoms with Crippen LogP contribution in [0.1, 0.15) is 56.1 Å². The molecule has 2 rings (SSSR count). The molecule has 4 nitrogen and oxygen atoms in total. The predicted molar refractivity (Wildman–Crippen MR) is 85.1 cm³/mol. The van der Waals surface area contributed by atoms with Gasteiger partial charge in [-0.05, 0) is 68.6 Å². The number of carbonyl (C=O) groups excluding carboxylic acids is 1. The van der Waals surface area contributed by atoms with Crippen LogP contribution >= 0.6 is 15.9 Å². The van der Waals surface area contributed by atoms with Crippen LogP contribution in [0.3, 0.4) is 0 Å². The second-order valence-corrected chi connectivity index (χ2v) is 6.77. The number of hydrogen-bond donors (Lipinski definition) is 2. The molecule has 0 bridgehead atoms. The minimum atomic E-state index is 0.0392. The number of amides is 1. The summed E-state index contributed by atoms with van der Waals surface area (Å²) in [5, 5.41) is 6.49. The molecule has 0 aliphatic heterocycles. The van der Waals surface area contributed by atoms with Gasteiger partial charge in [-0.1, -0.05) is 0 Å². The molecule has 0 unspecified atom stereocenters. The van der Waals surface area contributed by atoms with Gasteiger partial charge in [0.05, 0.1) is 0 Å². The number of nitrogens with zero attached hydrogens (tertiary/aromatic N) is 1. The average molecular weight is 342 g/mol. The Hall–Kier alpha value is -0.810. The van der Waals surface area contributed by atoms with E-state index in [4.69, 9.17) is 0 Å². The summed E-state index contributed by atoms with van der Waals surface area (Å²) in [4.78, 5) is 12.4. The van der Waals surface area contributed by atoms with Gasteiger partial charge in [0, 0.05) is 28.8 Å². The second kappa shape index (κ2) is 6.76. The summed E-state index contributed by atoms with van der Waals surface area (Å²) >= 11 is 3.45. The predicted octanol–water partition coefficient (Wildman–Crippen LogP) is 3.09. The molecule has 20 heavy (non-hydrogen) atoms. The summed E-state index contributed by atoms with van der Waals surface area (Å²) < 4.78 is 2.97. The number of nitrogens with one attached hydrogen (secondary N) is 2. The number of aromatic nitrogens is 1. The van der Waals surface area contributed by atoms with E-state index in [0.29, 0.717) is 12.1 Å². The topological polar surface area (TPSA) is 46.1 Å². The second-order valence-electron chi connectivity index (χ2n) is 5.86. The van der Waals surface area contributed by atoms with Gasteiger partial charge in [-0.25, -0.2) is 0 Å². The number of rotatable bonds is 4. The van der Waals surface area contributed by atoms with E-state index in [2.05, 4.69) is 40.4 Å². The van der Waals surface area contributed by atoms with Crippen LogP contribution in [0.2, 0.25) is 0 Å². The van der Waals surface area contributed by atoms with E-state index in [-0.39, 0.29) is 11.9 Å². The summed E-state index contributed by atoms with van der Waals surface area (Å²) in [5.41, 5.74) is 0.739. The molecule has 1 amide bonds. The van der Waals surface area contributed by atoms with Crippen molar-refractivity contribution in [3.63, 3.8) is 0 Å². The van der Waals surface area contributed by atoms with E-state index in [9.17, 15) is 4.79 Å². The molecule has 1 aromatic heterocycles. The molecule has 5 heteroatoms. The van der Waals surface area contributed by atoms with Gasteiger partial charge in [0.1, 0.15) is 5.69 Å². The highest BCUT2D eigenvalue weighted by molar-refractivity contribution is 9.10. The zero-order valence-electron chi connectivity index (χ0n) is 12.4. The third-order valence-corrected chi connectivity index (χ3v) is 4.51. The standard InChI is InChI=1S/C15H24BrN3O/c1-10(2)19-9-11(16)8-14(19)15(20)18-13-6-4-12(17-3)5-7-13/h8-10,12-13,17H,4-7H2,1-3H3,(H,18,20). The summed E-state index contributed by atoms with van der Waals surface area (Å²) in [6.07, 6.45) is 6.35. The van der Waals surface area contributed by atoms with Gasteiger partial charge in [-0.15, -0.1) is 0 Å². The largest absolute Gasteiger partial charge is 0.348 e. The van der Waals surface area contributed by atoms with Crippen LogP contribution in [0.5, 0.6) is 0 Å². The van der Waals surface area contributed by atoms with E-state index in [1.807, 2.05) is 23.9 Å². The molecular formula is C15H24BrN3O.